The summed E-state index contributed by atoms with van der Waals surface area (Å²) >= 11 is 0. The lowest BCUT2D eigenvalue weighted by molar-refractivity contribution is 0.0934. The van der Waals surface area contributed by atoms with Gasteiger partial charge >= 0.3 is 0 Å². The Morgan fingerprint density at radius 3 is 2.00 bits per heavy atom. The standard InChI is InChI=1S/C14H28N2OS/c1-14(2,3)16-8-4-12(5-9-16)15-13-6-10-18(17)11-7-13/h12-13,15H,4-11H2,1-3H3. The molecule has 2 rings (SSSR count). The number of likely N-dealkylation sites (tertiary alicyclic amines) is 1. The van der Waals surface area contributed by atoms with E-state index in [0.717, 1.165) is 24.3 Å². The molecule has 0 aromatic carbocycles. The molecule has 0 unspecified atom stereocenters. The van der Waals surface area contributed by atoms with Crippen LogP contribution >= 0.6 is 0 Å². The molecule has 0 saturated carbocycles. The van der Waals surface area contributed by atoms with E-state index in [2.05, 4.69) is 31.0 Å². The van der Waals surface area contributed by atoms with Crippen LogP contribution in [-0.2, 0) is 10.8 Å². The van der Waals surface area contributed by atoms with E-state index in [0.29, 0.717) is 17.6 Å². The van der Waals surface area contributed by atoms with Crippen molar-refractivity contribution >= 4 is 10.8 Å². The molecule has 2 heterocycles. The summed E-state index contributed by atoms with van der Waals surface area (Å²) in [7, 11) is -0.533. The Labute approximate surface area is 114 Å². The van der Waals surface area contributed by atoms with Crippen LogP contribution in [0.15, 0.2) is 0 Å². The van der Waals surface area contributed by atoms with Crippen LogP contribution in [0.1, 0.15) is 46.5 Å². The fraction of sp³-hybridized carbons (Fsp3) is 1.00. The Kier molecular flexibility index (Phi) is 4.84. The molecule has 0 bridgehead atoms. The largest absolute Gasteiger partial charge is 0.311 e. The second-order valence-corrected chi connectivity index (χ2v) is 8.42. The van der Waals surface area contributed by atoms with Crippen molar-refractivity contribution in [1.82, 2.24) is 10.2 Å². The first-order chi connectivity index (χ1) is 8.45. The van der Waals surface area contributed by atoms with E-state index in [1.807, 2.05) is 0 Å². The van der Waals surface area contributed by atoms with Crippen LogP contribution in [0.4, 0.5) is 0 Å². The maximum atomic E-state index is 11.3. The summed E-state index contributed by atoms with van der Waals surface area (Å²) in [6.07, 6.45) is 4.73. The molecular weight excluding hydrogens is 244 g/mol. The van der Waals surface area contributed by atoms with Crippen molar-refractivity contribution in [3.63, 3.8) is 0 Å². The average Bonchev–Trinajstić information content (AvgIpc) is 2.32. The summed E-state index contributed by atoms with van der Waals surface area (Å²) in [5, 5.41) is 3.79. The summed E-state index contributed by atoms with van der Waals surface area (Å²) < 4.78 is 11.3. The van der Waals surface area contributed by atoms with Crippen molar-refractivity contribution in [2.24, 2.45) is 0 Å². The van der Waals surface area contributed by atoms with Crippen molar-refractivity contribution in [3.8, 4) is 0 Å². The molecule has 1 N–H and O–H groups in total. The van der Waals surface area contributed by atoms with Crippen LogP contribution in [0.25, 0.3) is 0 Å². The maximum Gasteiger partial charge on any atom is 0.0249 e. The molecule has 0 aliphatic carbocycles. The van der Waals surface area contributed by atoms with E-state index in [4.69, 9.17) is 0 Å². The van der Waals surface area contributed by atoms with E-state index >= 15 is 0 Å². The van der Waals surface area contributed by atoms with Crippen LogP contribution in [0.3, 0.4) is 0 Å². The molecule has 18 heavy (non-hydrogen) atoms. The number of piperidine rings is 1. The fourth-order valence-electron chi connectivity index (χ4n) is 3.01. The summed E-state index contributed by atoms with van der Waals surface area (Å²) in [6, 6.07) is 1.30. The Bertz CT molecular complexity index is 283. The Hall–Kier alpha value is 0.0700. The minimum atomic E-state index is -0.533. The monoisotopic (exact) mass is 272 g/mol. The smallest absolute Gasteiger partial charge is 0.0249 e. The molecule has 2 aliphatic heterocycles. The first kappa shape index (κ1) is 14.5. The van der Waals surface area contributed by atoms with Crippen LogP contribution < -0.4 is 5.32 Å². The van der Waals surface area contributed by atoms with Gasteiger partial charge in [-0.25, -0.2) is 0 Å². The van der Waals surface area contributed by atoms with Crippen LogP contribution in [0, 0.1) is 0 Å². The van der Waals surface area contributed by atoms with Gasteiger partial charge in [0.15, 0.2) is 0 Å². The Balaban J connectivity index is 1.72. The molecule has 0 radical (unpaired) electrons. The van der Waals surface area contributed by atoms with Crippen molar-refractivity contribution in [2.75, 3.05) is 24.6 Å². The van der Waals surface area contributed by atoms with Crippen molar-refractivity contribution in [3.05, 3.63) is 0 Å². The van der Waals surface area contributed by atoms with E-state index in [1.54, 1.807) is 0 Å². The SMILES string of the molecule is CC(C)(C)N1CCC(NC2CCS(=O)CC2)CC1. The predicted octanol–water partition coefficient (Wildman–Crippen LogP) is 1.75. The first-order valence-electron chi connectivity index (χ1n) is 7.31. The molecule has 0 amide bonds. The molecule has 2 aliphatic rings. The van der Waals surface area contributed by atoms with Gasteiger partial charge in [-0.2, -0.15) is 0 Å². The predicted molar refractivity (Wildman–Crippen MR) is 78.4 cm³/mol. The molecule has 0 aromatic rings. The summed E-state index contributed by atoms with van der Waals surface area (Å²) in [5.41, 5.74) is 0.312. The molecule has 0 aromatic heterocycles. The van der Waals surface area contributed by atoms with Crippen molar-refractivity contribution in [1.29, 1.82) is 0 Å². The van der Waals surface area contributed by atoms with Crippen molar-refractivity contribution in [2.45, 2.75) is 64.1 Å². The van der Waals surface area contributed by atoms with Gasteiger partial charge in [-0.3, -0.25) is 9.11 Å². The van der Waals surface area contributed by atoms with E-state index in [9.17, 15) is 4.21 Å². The second kappa shape index (κ2) is 6.02. The summed E-state index contributed by atoms with van der Waals surface area (Å²) in [5.74, 6) is 1.80. The van der Waals surface area contributed by atoms with Gasteiger partial charge in [-0.05, 0) is 46.5 Å². The van der Waals surface area contributed by atoms with Crippen LogP contribution in [0.5, 0.6) is 0 Å². The molecule has 0 spiro atoms. The maximum absolute atomic E-state index is 11.3. The van der Waals surface area contributed by atoms with Gasteiger partial charge in [0.05, 0.1) is 0 Å². The minimum absolute atomic E-state index is 0.312. The third-order valence-electron chi connectivity index (χ3n) is 4.30. The number of hydrogen-bond acceptors (Lipinski definition) is 3. The zero-order chi connectivity index (χ0) is 13.2. The summed E-state index contributed by atoms with van der Waals surface area (Å²) in [6.45, 7) is 9.32. The van der Waals surface area contributed by atoms with E-state index < -0.39 is 10.8 Å². The topological polar surface area (TPSA) is 32.3 Å². The second-order valence-electron chi connectivity index (χ2n) is 6.72. The van der Waals surface area contributed by atoms with Gasteiger partial charge in [0.25, 0.3) is 0 Å². The zero-order valence-electron chi connectivity index (χ0n) is 12.1. The van der Waals surface area contributed by atoms with Gasteiger partial charge in [0.1, 0.15) is 0 Å². The number of nitrogens with one attached hydrogen (secondary N) is 1. The summed E-state index contributed by atoms with van der Waals surface area (Å²) in [4.78, 5) is 2.58. The highest BCUT2D eigenvalue weighted by molar-refractivity contribution is 7.85. The van der Waals surface area contributed by atoms with Gasteiger partial charge < -0.3 is 5.32 Å². The highest BCUT2D eigenvalue weighted by atomic mass is 32.2. The average molecular weight is 272 g/mol. The highest BCUT2D eigenvalue weighted by Crippen LogP contribution is 2.21. The molecule has 4 heteroatoms. The lowest BCUT2D eigenvalue weighted by Gasteiger charge is -2.42. The molecule has 106 valence electrons. The molecule has 0 atom stereocenters. The third-order valence-corrected chi connectivity index (χ3v) is 5.69. The highest BCUT2D eigenvalue weighted by Gasteiger charge is 2.28. The lowest BCUT2D eigenvalue weighted by Crippen LogP contribution is -2.52. The van der Waals surface area contributed by atoms with E-state index in [1.165, 1.54) is 25.9 Å². The molecule has 2 fully saturated rings. The first-order valence-corrected chi connectivity index (χ1v) is 8.80. The van der Waals surface area contributed by atoms with Crippen molar-refractivity contribution < 1.29 is 4.21 Å². The minimum Gasteiger partial charge on any atom is -0.311 e. The van der Waals surface area contributed by atoms with Crippen LogP contribution in [0.2, 0.25) is 0 Å². The van der Waals surface area contributed by atoms with E-state index in [-0.39, 0.29) is 0 Å². The van der Waals surface area contributed by atoms with Gasteiger partial charge in [-0.15, -0.1) is 0 Å². The Morgan fingerprint density at radius 2 is 1.50 bits per heavy atom. The number of nitrogens with zero attached hydrogens (tertiary/aromatic N) is 1. The lowest BCUT2D eigenvalue weighted by atomic mass is 9.97. The van der Waals surface area contributed by atoms with Gasteiger partial charge in [-0.1, -0.05) is 0 Å². The normalized spacial score (nSPS) is 32.6. The number of hydrogen-bond donors (Lipinski definition) is 1. The fourth-order valence-corrected chi connectivity index (χ4v) is 4.31. The third kappa shape index (κ3) is 4.04. The number of rotatable bonds is 2. The quantitative estimate of drug-likeness (QED) is 0.831. The zero-order valence-corrected chi connectivity index (χ0v) is 12.9. The molecular formula is C14H28N2OS. The Morgan fingerprint density at radius 1 is 1.00 bits per heavy atom. The molecule has 3 nitrogen and oxygen atoms in total. The van der Waals surface area contributed by atoms with Crippen LogP contribution in [-0.4, -0.2) is 51.3 Å². The molecule has 2 saturated heterocycles. The van der Waals surface area contributed by atoms with Gasteiger partial charge in [0.2, 0.25) is 0 Å². The van der Waals surface area contributed by atoms with Gasteiger partial charge in [0, 0.05) is 53.0 Å².